The fraction of sp³-hybridized carbons (Fsp3) is 0.556. The van der Waals surface area contributed by atoms with Crippen molar-refractivity contribution in [3.8, 4) is 0 Å². The van der Waals surface area contributed by atoms with Gasteiger partial charge in [-0.3, -0.25) is 14.5 Å². The van der Waals surface area contributed by atoms with E-state index < -0.39 is 10.0 Å². The molecule has 2 aliphatic heterocycles. The smallest absolute Gasteiger partial charge is 0.257 e. The van der Waals surface area contributed by atoms with Gasteiger partial charge in [0.15, 0.2) is 0 Å². The SMILES string of the molecule is CCN1CCc2c(sc(NC(=O)c3ccc(S(=O)(=O)N4CCCC(C)C4)cc3)c2C(=O)N(CC)CC)C1. The molecule has 202 valence electrons. The van der Waals surface area contributed by atoms with Gasteiger partial charge in [-0.25, -0.2) is 8.42 Å². The maximum absolute atomic E-state index is 13.5. The first kappa shape index (κ1) is 27.8. The Morgan fingerprint density at radius 3 is 2.43 bits per heavy atom. The molecule has 0 spiro atoms. The molecule has 4 rings (SSSR count). The predicted octanol–water partition coefficient (Wildman–Crippen LogP) is 4.28. The lowest BCUT2D eigenvalue weighted by Crippen LogP contribution is -2.39. The highest BCUT2D eigenvalue weighted by molar-refractivity contribution is 7.89. The van der Waals surface area contributed by atoms with Crippen molar-refractivity contribution in [2.45, 2.75) is 58.4 Å². The van der Waals surface area contributed by atoms with Crippen LogP contribution in [-0.4, -0.2) is 73.6 Å². The minimum absolute atomic E-state index is 0.0556. The number of nitrogens with one attached hydrogen (secondary N) is 1. The lowest BCUT2D eigenvalue weighted by Gasteiger charge is -2.30. The fourth-order valence-electron chi connectivity index (χ4n) is 5.18. The number of fused-ring (bicyclic) bond motifs is 1. The zero-order valence-electron chi connectivity index (χ0n) is 22.2. The Kier molecular flexibility index (Phi) is 8.73. The van der Waals surface area contributed by atoms with Crippen molar-refractivity contribution in [3.05, 3.63) is 45.8 Å². The van der Waals surface area contributed by atoms with Crippen molar-refractivity contribution < 1.29 is 18.0 Å². The van der Waals surface area contributed by atoms with Gasteiger partial charge in [0.05, 0.1) is 10.5 Å². The van der Waals surface area contributed by atoms with Crippen LogP contribution in [0.3, 0.4) is 0 Å². The second-order valence-corrected chi connectivity index (χ2v) is 12.9. The van der Waals surface area contributed by atoms with Crippen molar-refractivity contribution in [2.75, 3.05) is 44.6 Å². The number of likely N-dealkylation sites (N-methyl/N-ethyl adjacent to an activating group) is 1. The Bertz CT molecular complexity index is 1240. The van der Waals surface area contributed by atoms with Crippen molar-refractivity contribution in [2.24, 2.45) is 5.92 Å². The molecule has 1 saturated heterocycles. The average molecular weight is 547 g/mol. The lowest BCUT2D eigenvalue weighted by atomic mass is 10.0. The number of nitrogens with zero attached hydrogens (tertiary/aromatic N) is 3. The molecule has 0 saturated carbocycles. The van der Waals surface area contributed by atoms with E-state index in [1.807, 2.05) is 13.8 Å². The maximum Gasteiger partial charge on any atom is 0.257 e. The second-order valence-electron chi connectivity index (χ2n) is 9.89. The molecule has 1 aromatic heterocycles. The van der Waals surface area contributed by atoms with Crippen molar-refractivity contribution in [1.82, 2.24) is 14.1 Å². The number of piperidine rings is 1. The van der Waals surface area contributed by atoms with Crippen LogP contribution in [0.4, 0.5) is 5.00 Å². The quantitative estimate of drug-likeness (QED) is 0.534. The number of amides is 2. The first-order valence-corrected chi connectivity index (χ1v) is 15.5. The number of sulfonamides is 1. The minimum Gasteiger partial charge on any atom is -0.339 e. The Hall–Kier alpha value is -2.27. The highest BCUT2D eigenvalue weighted by Gasteiger charge is 2.31. The van der Waals surface area contributed by atoms with E-state index in [0.717, 1.165) is 49.3 Å². The Labute approximate surface area is 224 Å². The summed E-state index contributed by atoms with van der Waals surface area (Å²) in [6.07, 6.45) is 2.67. The van der Waals surface area contributed by atoms with Crippen LogP contribution in [0.1, 0.15) is 71.7 Å². The van der Waals surface area contributed by atoms with Crippen LogP contribution < -0.4 is 5.32 Å². The molecule has 2 amide bonds. The molecule has 8 nitrogen and oxygen atoms in total. The molecular weight excluding hydrogens is 508 g/mol. The van der Waals surface area contributed by atoms with E-state index in [0.29, 0.717) is 48.2 Å². The zero-order valence-corrected chi connectivity index (χ0v) is 23.9. The molecule has 1 unspecified atom stereocenters. The molecule has 1 atom stereocenters. The summed E-state index contributed by atoms with van der Waals surface area (Å²) in [5, 5.41) is 3.55. The first-order chi connectivity index (χ1) is 17.7. The van der Waals surface area contributed by atoms with Gasteiger partial charge in [0, 0.05) is 49.7 Å². The van der Waals surface area contributed by atoms with Gasteiger partial charge in [0.1, 0.15) is 5.00 Å². The van der Waals surface area contributed by atoms with Gasteiger partial charge >= 0.3 is 0 Å². The number of carbonyl (C=O) groups excluding carboxylic acids is 2. The Morgan fingerprint density at radius 2 is 1.81 bits per heavy atom. The fourth-order valence-corrected chi connectivity index (χ4v) is 8.05. The van der Waals surface area contributed by atoms with E-state index >= 15 is 0 Å². The van der Waals surface area contributed by atoms with Crippen LogP contribution in [0, 0.1) is 5.92 Å². The first-order valence-electron chi connectivity index (χ1n) is 13.3. The van der Waals surface area contributed by atoms with Crippen LogP contribution in [0.5, 0.6) is 0 Å². The molecule has 10 heteroatoms. The molecule has 0 aliphatic carbocycles. The highest BCUT2D eigenvalue weighted by Crippen LogP contribution is 2.38. The second kappa shape index (κ2) is 11.6. The number of anilines is 1. The molecule has 1 aromatic carbocycles. The van der Waals surface area contributed by atoms with Gasteiger partial charge in [-0.1, -0.05) is 13.8 Å². The Morgan fingerprint density at radius 1 is 1.11 bits per heavy atom. The van der Waals surface area contributed by atoms with Crippen molar-refractivity contribution in [1.29, 1.82) is 0 Å². The topological polar surface area (TPSA) is 90.0 Å². The summed E-state index contributed by atoms with van der Waals surface area (Å²) < 4.78 is 27.7. The van der Waals surface area contributed by atoms with E-state index in [4.69, 9.17) is 0 Å². The molecular formula is C27H38N4O4S2. The van der Waals surface area contributed by atoms with E-state index in [1.54, 1.807) is 17.0 Å². The van der Waals surface area contributed by atoms with Crippen molar-refractivity contribution in [3.63, 3.8) is 0 Å². The number of hydrogen-bond acceptors (Lipinski definition) is 6. The monoisotopic (exact) mass is 546 g/mol. The van der Waals surface area contributed by atoms with Crippen LogP contribution in [0.25, 0.3) is 0 Å². The molecule has 3 heterocycles. The third kappa shape index (κ3) is 5.77. The third-order valence-electron chi connectivity index (χ3n) is 7.45. The number of benzene rings is 1. The molecule has 37 heavy (non-hydrogen) atoms. The third-order valence-corrected chi connectivity index (χ3v) is 10.5. The standard InChI is InChI=1S/C27H38N4O4S2/c1-5-29-16-14-22-23(18-29)36-26(24(22)27(33)30(6-2)7-3)28-25(32)20-10-12-21(13-11-20)37(34,35)31-15-8-9-19(4)17-31/h10-13,19H,5-9,14-18H2,1-4H3,(H,28,32). The summed E-state index contributed by atoms with van der Waals surface area (Å²) in [6.45, 7) is 12.9. The maximum atomic E-state index is 13.5. The molecule has 1 N–H and O–H groups in total. The predicted molar refractivity (Wildman–Crippen MR) is 148 cm³/mol. The molecule has 0 radical (unpaired) electrons. The summed E-state index contributed by atoms with van der Waals surface area (Å²) in [5.41, 5.74) is 2.00. The number of hydrogen-bond donors (Lipinski definition) is 1. The van der Waals surface area contributed by atoms with Gasteiger partial charge in [-0.2, -0.15) is 4.31 Å². The van der Waals surface area contributed by atoms with Crippen LogP contribution in [-0.2, 0) is 23.0 Å². The van der Waals surface area contributed by atoms with E-state index in [-0.39, 0.29) is 16.7 Å². The van der Waals surface area contributed by atoms with Crippen LogP contribution >= 0.6 is 11.3 Å². The van der Waals surface area contributed by atoms with Crippen LogP contribution in [0.2, 0.25) is 0 Å². The normalized spacial score (nSPS) is 18.9. The van der Waals surface area contributed by atoms with E-state index in [9.17, 15) is 18.0 Å². The number of thiophene rings is 1. The molecule has 2 aliphatic rings. The van der Waals surface area contributed by atoms with Gasteiger partial charge in [-0.05, 0) is 75.4 Å². The van der Waals surface area contributed by atoms with Gasteiger partial charge in [0.25, 0.3) is 11.8 Å². The van der Waals surface area contributed by atoms with Gasteiger partial charge < -0.3 is 10.2 Å². The van der Waals surface area contributed by atoms with Gasteiger partial charge in [-0.15, -0.1) is 11.3 Å². The number of rotatable bonds is 8. The molecule has 2 aromatic rings. The van der Waals surface area contributed by atoms with Crippen LogP contribution in [0.15, 0.2) is 29.2 Å². The molecule has 1 fully saturated rings. The lowest BCUT2D eigenvalue weighted by molar-refractivity contribution is 0.0772. The summed E-state index contributed by atoms with van der Waals surface area (Å²) >= 11 is 1.47. The van der Waals surface area contributed by atoms with Gasteiger partial charge in [0.2, 0.25) is 10.0 Å². The molecule has 0 bridgehead atoms. The summed E-state index contributed by atoms with van der Waals surface area (Å²) in [6, 6.07) is 6.11. The zero-order chi connectivity index (χ0) is 26.7. The Balaban J connectivity index is 1.58. The summed E-state index contributed by atoms with van der Waals surface area (Å²) in [4.78, 5) is 32.1. The number of carbonyl (C=O) groups is 2. The largest absolute Gasteiger partial charge is 0.339 e. The summed E-state index contributed by atoms with van der Waals surface area (Å²) in [7, 11) is -3.59. The summed E-state index contributed by atoms with van der Waals surface area (Å²) in [5.74, 6) is -0.0714. The average Bonchev–Trinajstić information content (AvgIpc) is 3.26. The highest BCUT2D eigenvalue weighted by atomic mass is 32.2. The minimum atomic E-state index is -3.59. The van der Waals surface area contributed by atoms with E-state index in [1.165, 1.54) is 27.8 Å². The van der Waals surface area contributed by atoms with Crippen molar-refractivity contribution >= 4 is 38.2 Å². The van der Waals surface area contributed by atoms with E-state index in [2.05, 4.69) is 24.1 Å².